The topological polar surface area (TPSA) is 71.1 Å². The smallest absolute Gasteiger partial charge is 0.251 e. The van der Waals surface area contributed by atoms with E-state index in [4.69, 9.17) is 0 Å². The fourth-order valence-corrected chi connectivity index (χ4v) is 1.81. The first-order valence-corrected chi connectivity index (χ1v) is 6.97. The Morgan fingerprint density at radius 3 is 2.50 bits per heavy atom. The predicted octanol–water partition coefficient (Wildman–Crippen LogP) is 2.05. The Bertz CT molecular complexity index is 600. The first-order valence-electron chi connectivity index (χ1n) is 5.90. The van der Waals surface area contributed by atoms with Crippen LogP contribution < -0.4 is 10.6 Å². The molecule has 0 fully saturated rings. The molecule has 1 heterocycles. The van der Waals surface area contributed by atoms with Crippen LogP contribution in [0.5, 0.6) is 0 Å². The molecular weight excluding hydrogens is 369 g/mol. The molecule has 102 valence electrons. The molecular formula is C14H12IN3O2. The molecule has 0 saturated heterocycles. The molecule has 6 heteroatoms. The third-order valence-electron chi connectivity index (χ3n) is 2.44. The zero-order valence-electron chi connectivity index (χ0n) is 10.5. The highest BCUT2D eigenvalue weighted by molar-refractivity contribution is 14.1. The Morgan fingerprint density at radius 1 is 1.10 bits per heavy atom. The molecule has 2 amide bonds. The molecule has 1 aromatic carbocycles. The van der Waals surface area contributed by atoms with Gasteiger partial charge in [-0.15, -0.1) is 0 Å². The van der Waals surface area contributed by atoms with E-state index < -0.39 is 0 Å². The Kier molecular flexibility index (Phi) is 5.05. The van der Waals surface area contributed by atoms with Crippen molar-refractivity contribution in [1.82, 2.24) is 10.3 Å². The second-order valence-electron chi connectivity index (χ2n) is 3.96. The van der Waals surface area contributed by atoms with Crippen molar-refractivity contribution < 1.29 is 9.59 Å². The number of nitrogens with zero attached hydrogens (tertiary/aromatic N) is 1. The number of amides is 2. The number of halogens is 1. The van der Waals surface area contributed by atoms with Crippen molar-refractivity contribution in [3.63, 3.8) is 0 Å². The third kappa shape index (κ3) is 4.30. The highest BCUT2D eigenvalue weighted by Gasteiger charge is 2.07. The highest BCUT2D eigenvalue weighted by atomic mass is 127. The molecule has 5 nitrogen and oxygen atoms in total. The maximum absolute atomic E-state index is 11.7. The first kappa shape index (κ1) is 14.4. The van der Waals surface area contributed by atoms with E-state index in [2.05, 4.69) is 38.2 Å². The van der Waals surface area contributed by atoms with Crippen LogP contribution in [0.3, 0.4) is 0 Å². The molecule has 20 heavy (non-hydrogen) atoms. The molecule has 0 aliphatic rings. The molecule has 2 aromatic rings. The minimum Gasteiger partial charge on any atom is -0.343 e. The van der Waals surface area contributed by atoms with Crippen LogP contribution in [0.2, 0.25) is 0 Å². The molecule has 0 radical (unpaired) electrons. The molecule has 2 N–H and O–H groups in total. The first-order chi connectivity index (χ1) is 9.65. The lowest BCUT2D eigenvalue weighted by molar-refractivity contribution is -0.115. The van der Waals surface area contributed by atoms with Gasteiger partial charge in [-0.25, -0.2) is 4.98 Å². The minimum atomic E-state index is -0.317. The van der Waals surface area contributed by atoms with Gasteiger partial charge in [-0.1, -0.05) is 18.2 Å². The number of hydrogen-bond acceptors (Lipinski definition) is 3. The lowest BCUT2D eigenvalue weighted by Crippen LogP contribution is -2.33. The number of aromatic nitrogens is 1. The van der Waals surface area contributed by atoms with Crippen molar-refractivity contribution in [2.75, 3.05) is 11.9 Å². The van der Waals surface area contributed by atoms with Crippen molar-refractivity contribution in [3.8, 4) is 0 Å². The van der Waals surface area contributed by atoms with Gasteiger partial charge < -0.3 is 10.6 Å². The van der Waals surface area contributed by atoms with Crippen molar-refractivity contribution >= 4 is 40.2 Å². The van der Waals surface area contributed by atoms with Crippen LogP contribution in [0.1, 0.15) is 10.4 Å². The van der Waals surface area contributed by atoms with Gasteiger partial charge in [-0.3, -0.25) is 9.59 Å². The zero-order chi connectivity index (χ0) is 14.4. The van der Waals surface area contributed by atoms with Gasteiger partial charge in [0, 0.05) is 15.3 Å². The molecule has 0 unspecified atom stereocenters. The predicted molar refractivity (Wildman–Crippen MR) is 84.4 cm³/mol. The zero-order valence-corrected chi connectivity index (χ0v) is 12.6. The summed E-state index contributed by atoms with van der Waals surface area (Å²) >= 11 is 2.13. The summed E-state index contributed by atoms with van der Waals surface area (Å²) in [4.78, 5) is 27.5. The molecule has 2 rings (SSSR count). The van der Waals surface area contributed by atoms with Gasteiger partial charge in [0.2, 0.25) is 5.91 Å². The van der Waals surface area contributed by atoms with Crippen molar-refractivity contribution in [3.05, 3.63) is 57.8 Å². The Hall–Kier alpha value is -1.96. The Morgan fingerprint density at radius 2 is 1.85 bits per heavy atom. The van der Waals surface area contributed by atoms with E-state index in [9.17, 15) is 9.59 Å². The van der Waals surface area contributed by atoms with Crippen LogP contribution in [0.25, 0.3) is 0 Å². The average molecular weight is 381 g/mol. The van der Waals surface area contributed by atoms with Crippen molar-refractivity contribution in [2.24, 2.45) is 0 Å². The number of anilines is 1. The average Bonchev–Trinajstić information content (AvgIpc) is 2.48. The summed E-state index contributed by atoms with van der Waals surface area (Å²) < 4.78 is 0.984. The molecule has 0 aliphatic heterocycles. The summed E-state index contributed by atoms with van der Waals surface area (Å²) in [7, 11) is 0. The van der Waals surface area contributed by atoms with Crippen LogP contribution in [0.4, 0.5) is 5.82 Å². The minimum absolute atomic E-state index is 0.0958. The largest absolute Gasteiger partial charge is 0.343 e. The maximum Gasteiger partial charge on any atom is 0.251 e. The maximum atomic E-state index is 11.7. The summed E-state index contributed by atoms with van der Waals surface area (Å²) in [5.41, 5.74) is 0.521. The molecule has 0 spiro atoms. The van der Waals surface area contributed by atoms with Gasteiger partial charge >= 0.3 is 0 Å². The number of rotatable bonds is 4. The van der Waals surface area contributed by atoms with Crippen LogP contribution in [-0.2, 0) is 4.79 Å². The van der Waals surface area contributed by atoms with Crippen LogP contribution >= 0.6 is 22.6 Å². The van der Waals surface area contributed by atoms with E-state index in [1.54, 1.807) is 36.5 Å². The monoisotopic (exact) mass is 381 g/mol. The fourth-order valence-electron chi connectivity index (χ4n) is 1.49. The van der Waals surface area contributed by atoms with E-state index in [0.717, 1.165) is 3.57 Å². The van der Waals surface area contributed by atoms with Gasteiger partial charge in [0.15, 0.2) is 0 Å². The number of carbonyl (C=O) groups excluding carboxylic acids is 2. The standard InChI is InChI=1S/C14H12IN3O2/c15-11-6-7-12(16-8-11)18-13(19)9-17-14(20)10-4-2-1-3-5-10/h1-8H,9H2,(H,17,20)(H,16,18,19). The fraction of sp³-hybridized carbons (Fsp3) is 0.0714. The van der Waals surface area contributed by atoms with E-state index in [0.29, 0.717) is 11.4 Å². The summed E-state index contributed by atoms with van der Waals surface area (Å²) in [6.07, 6.45) is 1.65. The quantitative estimate of drug-likeness (QED) is 0.797. The van der Waals surface area contributed by atoms with Crippen LogP contribution in [0.15, 0.2) is 48.7 Å². The van der Waals surface area contributed by atoms with E-state index in [1.807, 2.05) is 12.1 Å². The lowest BCUT2D eigenvalue weighted by atomic mass is 10.2. The second-order valence-corrected chi connectivity index (χ2v) is 5.20. The number of nitrogens with one attached hydrogen (secondary N) is 2. The SMILES string of the molecule is O=C(CNC(=O)c1ccccc1)Nc1ccc(I)cn1. The number of hydrogen-bond donors (Lipinski definition) is 2. The summed E-state index contributed by atoms with van der Waals surface area (Å²) in [5.74, 6) is -0.135. The normalized spacial score (nSPS) is 9.85. The highest BCUT2D eigenvalue weighted by Crippen LogP contribution is 2.06. The van der Waals surface area contributed by atoms with Crippen LogP contribution in [-0.4, -0.2) is 23.3 Å². The molecule has 0 bridgehead atoms. The van der Waals surface area contributed by atoms with E-state index in [-0.39, 0.29) is 18.4 Å². The van der Waals surface area contributed by atoms with E-state index >= 15 is 0 Å². The Labute approximate surface area is 129 Å². The van der Waals surface area contributed by atoms with Gasteiger partial charge in [-0.2, -0.15) is 0 Å². The number of benzene rings is 1. The van der Waals surface area contributed by atoms with Crippen molar-refractivity contribution in [1.29, 1.82) is 0 Å². The van der Waals surface area contributed by atoms with Gasteiger partial charge in [0.1, 0.15) is 5.82 Å². The van der Waals surface area contributed by atoms with Gasteiger partial charge in [0.25, 0.3) is 5.91 Å². The van der Waals surface area contributed by atoms with Crippen molar-refractivity contribution in [2.45, 2.75) is 0 Å². The lowest BCUT2D eigenvalue weighted by Gasteiger charge is -2.06. The summed E-state index contributed by atoms with van der Waals surface area (Å²) in [5, 5.41) is 5.16. The number of pyridine rings is 1. The van der Waals surface area contributed by atoms with Gasteiger partial charge in [0.05, 0.1) is 6.54 Å². The summed E-state index contributed by atoms with van der Waals surface area (Å²) in [6, 6.07) is 12.3. The third-order valence-corrected chi connectivity index (χ3v) is 3.08. The number of carbonyl (C=O) groups is 2. The molecule has 0 saturated carbocycles. The van der Waals surface area contributed by atoms with Crippen LogP contribution in [0, 0.1) is 3.57 Å². The second kappa shape index (κ2) is 6.99. The molecule has 0 atom stereocenters. The molecule has 0 aliphatic carbocycles. The van der Waals surface area contributed by atoms with E-state index in [1.165, 1.54) is 0 Å². The summed E-state index contributed by atoms with van der Waals surface area (Å²) in [6.45, 7) is -0.0958. The van der Waals surface area contributed by atoms with Gasteiger partial charge in [-0.05, 0) is 46.9 Å². The molecule has 1 aromatic heterocycles. The Balaban J connectivity index is 1.83.